The molecule has 3 aromatic carbocycles. The number of esters is 1. The van der Waals surface area contributed by atoms with Gasteiger partial charge in [0.05, 0.1) is 23.7 Å². The number of rotatable bonds is 4. The first-order valence-electron chi connectivity index (χ1n) is 14.2. The fourth-order valence-corrected chi connectivity index (χ4v) is 6.03. The molecule has 2 bridgehead atoms. The molecule has 43 heavy (non-hydrogen) atoms. The van der Waals surface area contributed by atoms with Crippen LogP contribution in [-0.2, 0) is 14.3 Å². The molecule has 0 unspecified atom stereocenters. The molecule has 2 atom stereocenters. The molecule has 2 aliphatic heterocycles. The van der Waals surface area contributed by atoms with Crippen molar-refractivity contribution >= 4 is 46.4 Å². The van der Waals surface area contributed by atoms with Crippen LogP contribution in [0.2, 0.25) is 5.02 Å². The van der Waals surface area contributed by atoms with E-state index in [-0.39, 0.29) is 45.7 Å². The highest BCUT2D eigenvalue weighted by molar-refractivity contribution is 6.31. The molecule has 3 aromatic rings. The Morgan fingerprint density at radius 1 is 1.07 bits per heavy atom. The molecule has 2 amide bonds. The number of hydrogen-bond donors (Lipinski definition) is 1. The lowest BCUT2D eigenvalue weighted by atomic mass is 9.89. The number of amides is 2. The normalized spacial score (nSPS) is 18.9. The second-order valence-electron chi connectivity index (χ2n) is 11.0. The first-order valence-corrected chi connectivity index (χ1v) is 14.6. The molecule has 2 aliphatic rings. The van der Waals surface area contributed by atoms with Gasteiger partial charge in [0.25, 0.3) is 0 Å². The number of Topliss-reactive ketones (excluding diaryl/α,β-unsaturated/α-hetero) is 1. The van der Waals surface area contributed by atoms with Crippen LogP contribution in [0, 0.1) is 11.7 Å². The number of halogens is 2. The van der Waals surface area contributed by atoms with E-state index in [4.69, 9.17) is 16.3 Å². The third kappa shape index (κ3) is 6.11. The van der Waals surface area contributed by atoms with E-state index in [0.717, 1.165) is 11.1 Å². The summed E-state index contributed by atoms with van der Waals surface area (Å²) < 4.78 is 20.1. The number of carbonyl (C=O) groups excluding carboxylic acids is 4. The van der Waals surface area contributed by atoms with Crippen molar-refractivity contribution in [2.45, 2.75) is 45.6 Å². The lowest BCUT2D eigenvalue weighted by Gasteiger charge is -2.35. The lowest BCUT2D eigenvalue weighted by molar-refractivity contribution is -0.129. The molecule has 222 valence electrons. The van der Waals surface area contributed by atoms with Gasteiger partial charge in [-0.25, -0.2) is 9.18 Å². The van der Waals surface area contributed by atoms with Gasteiger partial charge in [-0.1, -0.05) is 43.1 Å². The molecule has 2 heterocycles. The van der Waals surface area contributed by atoms with Gasteiger partial charge in [0.2, 0.25) is 11.8 Å². The number of fused-ring (bicyclic) bond motifs is 4. The number of methoxy groups -OCH3 is 1. The average Bonchev–Trinajstić information content (AvgIpc) is 3.00. The van der Waals surface area contributed by atoms with Crippen molar-refractivity contribution < 1.29 is 28.3 Å². The van der Waals surface area contributed by atoms with Gasteiger partial charge in [-0.2, -0.15) is 0 Å². The van der Waals surface area contributed by atoms with Crippen molar-refractivity contribution in [1.29, 1.82) is 0 Å². The molecular formula is C34H32ClFN2O5. The summed E-state index contributed by atoms with van der Waals surface area (Å²) in [7, 11) is 1.31. The highest BCUT2D eigenvalue weighted by atomic mass is 35.5. The number of anilines is 1. The molecule has 0 radical (unpaired) electrons. The molecule has 0 saturated heterocycles. The zero-order chi connectivity index (χ0) is 30.8. The second-order valence-corrected chi connectivity index (χ2v) is 11.4. The quantitative estimate of drug-likeness (QED) is 0.251. The van der Waals surface area contributed by atoms with Gasteiger partial charge >= 0.3 is 5.97 Å². The Morgan fingerprint density at radius 2 is 1.86 bits per heavy atom. The molecule has 7 nitrogen and oxygen atoms in total. The molecule has 5 rings (SSSR count). The van der Waals surface area contributed by atoms with Crippen LogP contribution in [0.4, 0.5) is 10.1 Å². The van der Waals surface area contributed by atoms with Gasteiger partial charge in [0, 0.05) is 40.9 Å². The predicted molar refractivity (Wildman–Crippen MR) is 163 cm³/mol. The molecule has 0 aromatic heterocycles. The monoisotopic (exact) mass is 602 g/mol. The summed E-state index contributed by atoms with van der Waals surface area (Å²) in [6, 6.07) is 15.2. The predicted octanol–water partition coefficient (Wildman–Crippen LogP) is 7.25. The van der Waals surface area contributed by atoms with Crippen molar-refractivity contribution in [3.05, 3.63) is 93.8 Å². The van der Waals surface area contributed by atoms with Crippen LogP contribution < -0.4 is 5.32 Å². The first-order chi connectivity index (χ1) is 20.6. The maximum atomic E-state index is 15.2. The molecule has 1 N–H and O–H groups in total. The largest absolute Gasteiger partial charge is 0.465 e. The molecule has 0 saturated carbocycles. The molecule has 0 fully saturated rings. The number of ether oxygens (including phenoxy) is 1. The minimum Gasteiger partial charge on any atom is -0.465 e. The summed E-state index contributed by atoms with van der Waals surface area (Å²) in [5, 5.41) is 2.91. The van der Waals surface area contributed by atoms with Crippen molar-refractivity contribution in [2.75, 3.05) is 19.0 Å². The van der Waals surface area contributed by atoms with E-state index < -0.39 is 11.8 Å². The summed E-state index contributed by atoms with van der Waals surface area (Å²) in [5.74, 6) is -2.23. The first kappa shape index (κ1) is 30.2. The van der Waals surface area contributed by atoms with E-state index in [0.29, 0.717) is 54.6 Å². The number of nitrogens with one attached hydrogen (secondary N) is 1. The van der Waals surface area contributed by atoms with Gasteiger partial charge < -0.3 is 15.0 Å². The summed E-state index contributed by atoms with van der Waals surface area (Å²) in [5.41, 5.74) is 3.94. The van der Waals surface area contributed by atoms with Gasteiger partial charge in [0.1, 0.15) is 5.82 Å². The number of nitrogens with zero attached hydrogens (tertiary/aromatic N) is 1. The molecule has 9 heteroatoms. The third-order valence-electron chi connectivity index (χ3n) is 8.22. The zero-order valence-corrected chi connectivity index (χ0v) is 25.0. The standard InChI is InChI=1S/C34H32ClFN2O5/c1-19-6-4-9-29(38-15-14-23(18-30(38)40)31-25(20(2)39)11-12-27(35)32(31)36)22-8-5-7-21(16-22)26-17-24(34(42)43-3)10-13-28(26)37-33(19)41/h5,7-8,10-13,16-19,29H,4,6,9,14-15H2,1-3H3,(H,37,41)/t19-,29+/m1/s1. The third-order valence-corrected chi connectivity index (χ3v) is 8.51. The van der Waals surface area contributed by atoms with Crippen LogP contribution in [0.25, 0.3) is 16.7 Å². The van der Waals surface area contributed by atoms with Crippen molar-refractivity contribution in [3.63, 3.8) is 0 Å². The number of carbonyl (C=O) groups is 4. The minimum absolute atomic E-state index is 0.0755. The van der Waals surface area contributed by atoms with Crippen LogP contribution in [0.5, 0.6) is 0 Å². The van der Waals surface area contributed by atoms with E-state index in [1.54, 1.807) is 23.1 Å². The Kier molecular flexibility index (Phi) is 8.78. The van der Waals surface area contributed by atoms with Gasteiger partial charge in [-0.15, -0.1) is 0 Å². The van der Waals surface area contributed by atoms with Crippen LogP contribution in [0.1, 0.15) is 77.4 Å². The highest BCUT2D eigenvalue weighted by Gasteiger charge is 2.31. The number of hydrogen-bond acceptors (Lipinski definition) is 5. The second kappa shape index (κ2) is 12.5. The fraction of sp³-hybridized carbons (Fsp3) is 0.294. The minimum atomic E-state index is -0.710. The maximum absolute atomic E-state index is 15.2. The van der Waals surface area contributed by atoms with Gasteiger partial charge in [0.15, 0.2) is 5.78 Å². The van der Waals surface area contributed by atoms with E-state index in [9.17, 15) is 19.2 Å². The van der Waals surface area contributed by atoms with Crippen molar-refractivity contribution in [3.8, 4) is 11.1 Å². The topological polar surface area (TPSA) is 92.8 Å². The Bertz CT molecular complexity index is 1670. The number of ketones is 1. The van der Waals surface area contributed by atoms with Gasteiger partial charge in [-0.3, -0.25) is 14.4 Å². The lowest BCUT2D eigenvalue weighted by Crippen LogP contribution is -2.37. The van der Waals surface area contributed by atoms with Crippen LogP contribution >= 0.6 is 11.6 Å². The Balaban J connectivity index is 1.56. The molecule has 0 spiro atoms. The molecular weight excluding hydrogens is 571 g/mol. The SMILES string of the molecule is COC(=O)c1ccc2c(c1)-c1cccc(c1)[C@@H](N1CCC(c3c(C(C)=O)ccc(Cl)c3F)=CC1=O)CCC[C@@H](C)C(=O)N2. The maximum Gasteiger partial charge on any atom is 0.337 e. The Labute approximate surface area is 254 Å². The van der Waals surface area contributed by atoms with Crippen LogP contribution in [0.15, 0.2) is 60.7 Å². The smallest absolute Gasteiger partial charge is 0.337 e. The van der Waals surface area contributed by atoms with E-state index in [1.807, 2.05) is 31.2 Å². The van der Waals surface area contributed by atoms with E-state index >= 15 is 4.39 Å². The summed E-state index contributed by atoms with van der Waals surface area (Å²) in [6.45, 7) is 3.53. The summed E-state index contributed by atoms with van der Waals surface area (Å²) in [4.78, 5) is 53.1. The van der Waals surface area contributed by atoms with E-state index in [2.05, 4.69) is 5.32 Å². The Hall–Kier alpha value is -4.30. The van der Waals surface area contributed by atoms with E-state index in [1.165, 1.54) is 32.2 Å². The summed E-state index contributed by atoms with van der Waals surface area (Å²) >= 11 is 6.05. The van der Waals surface area contributed by atoms with Gasteiger partial charge in [-0.05, 0) is 79.3 Å². The molecule has 0 aliphatic carbocycles. The highest BCUT2D eigenvalue weighted by Crippen LogP contribution is 2.38. The zero-order valence-electron chi connectivity index (χ0n) is 24.2. The fourth-order valence-electron chi connectivity index (χ4n) is 5.88. The van der Waals surface area contributed by atoms with Crippen molar-refractivity contribution in [2.24, 2.45) is 5.92 Å². The van der Waals surface area contributed by atoms with Crippen LogP contribution in [0.3, 0.4) is 0 Å². The van der Waals surface area contributed by atoms with Crippen molar-refractivity contribution in [1.82, 2.24) is 4.90 Å². The average molecular weight is 603 g/mol. The summed E-state index contributed by atoms with van der Waals surface area (Å²) in [6.07, 6.45) is 3.64. The number of benzene rings is 3. The Morgan fingerprint density at radius 3 is 2.58 bits per heavy atom. The van der Waals surface area contributed by atoms with Crippen LogP contribution in [-0.4, -0.2) is 42.1 Å².